The first-order valence-corrected chi connectivity index (χ1v) is 10.3. The first-order valence-electron chi connectivity index (χ1n) is 9.47. The van der Waals surface area contributed by atoms with Crippen molar-refractivity contribution in [3.63, 3.8) is 0 Å². The van der Waals surface area contributed by atoms with E-state index in [-0.39, 0.29) is 17.3 Å². The van der Waals surface area contributed by atoms with E-state index in [1.807, 2.05) is 0 Å². The Balaban J connectivity index is 1.33. The van der Waals surface area contributed by atoms with Gasteiger partial charge in [0.15, 0.2) is 0 Å². The van der Waals surface area contributed by atoms with Crippen molar-refractivity contribution in [2.45, 2.75) is 61.1 Å². The smallest absolute Gasteiger partial charge is 0.321 e. The van der Waals surface area contributed by atoms with Crippen molar-refractivity contribution in [1.82, 2.24) is 10.6 Å². The zero-order chi connectivity index (χ0) is 18.3. The highest BCUT2D eigenvalue weighted by atomic mass is 32.2. The summed E-state index contributed by atoms with van der Waals surface area (Å²) in [5.41, 5.74) is -0.124. The first-order chi connectivity index (χ1) is 12.4. The summed E-state index contributed by atoms with van der Waals surface area (Å²) in [5.74, 6) is 1.45. The average molecular weight is 376 g/mol. The van der Waals surface area contributed by atoms with Gasteiger partial charge in [0.1, 0.15) is 5.82 Å². The van der Waals surface area contributed by atoms with E-state index in [1.165, 1.54) is 25.3 Å². The number of thioether (sulfide) groups is 1. The van der Waals surface area contributed by atoms with E-state index < -0.39 is 11.3 Å². The summed E-state index contributed by atoms with van der Waals surface area (Å²) in [7, 11) is 0. The molecule has 3 amide bonds. The van der Waals surface area contributed by atoms with Crippen LogP contribution in [0.3, 0.4) is 0 Å². The molecule has 1 aromatic rings. The van der Waals surface area contributed by atoms with E-state index in [9.17, 15) is 14.0 Å². The Labute approximate surface area is 157 Å². The second-order valence-electron chi connectivity index (χ2n) is 8.33. The number of halogens is 1. The average Bonchev–Trinajstić information content (AvgIpc) is 2.54. The Bertz CT molecular complexity index is 688. The number of hydrogen-bond acceptors (Lipinski definition) is 3. The van der Waals surface area contributed by atoms with Crippen LogP contribution in [0.15, 0.2) is 29.2 Å². The van der Waals surface area contributed by atoms with Crippen LogP contribution in [0.25, 0.3) is 0 Å². The lowest BCUT2D eigenvalue weighted by molar-refractivity contribution is -0.119. The van der Waals surface area contributed by atoms with Crippen LogP contribution in [0, 0.1) is 23.6 Å². The molecule has 26 heavy (non-hydrogen) atoms. The molecule has 0 heterocycles. The third kappa shape index (κ3) is 3.61. The fourth-order valence-electron chi connectivity index (χ4n) is 5.53. The summed E-state index contributed by atoms with van der Waals surface area (Å²) < 4.78 is 13.7. The maximum Gasteiger partial charge on any atom is 0.321 e. The predicted molar refractivity (Wildman–Crippen MR) is 99.3 cm³/mol. The molecule has 1 atom stereocenters. The lowest BCUT2D eigenvalue weighted by Crippen LogP contribution is -2.62. The molecule has 1 unspecified atom stereocenters. The number of rotatable bonds is 4. The van der Waals surface area contributed by atoms with Gasteiger partial charge in [-0.3, -0.25) is 10.1 Å². The van der Waals surface area contributed by atoms with Crippen molar-refractivity contribution in [1.29, 1.82) is 0 Å². The summed E-state index contributed by atoms with van der Waals surface area (Å²) in [4.78, 5) is 25.2. The Morgan fingerprint density at radius 2 is 1.69 bits per heavy atom. The lowest BCUT2D eigenvalue weighted by Gasteiger charge is -2.56. The van der Waals surface area contributed by atoms with Crippen LogP contribution in [-0.4, -0.2) is 22.7 Å². The molecule has 0 radical (unpaired) electrons. The Kier molecular flexibility index (Phi) is 4.71. The molecule has 0 aromatic heterocycles. The van der Waals surface area contributed by atoms with Gasteiger partial charge in [0.05, 0.1) is 5.25 Å². The molecule has 4 bridgehead atoms. The molecule has 4 aliphatic rings. The van der Waals surface area contributed by atoms with Gasteiger partial charge in [0.2, 0.25) is 5.91 Å². The SMILES string of the molecule is CC(Sc1ccccc1F)C(=O)NC(=O)NC12CC3CC(CC(C3)C1)C2. The van der Waals surface area contributed by atoms with Crippen molar-refractivity contribution in [3.8, 4) is 0 Å². The number of urea groups is 1. The van der Waals surface area contributed by atoms with E-state index in [2.05, 4.69) is 10.6 Å². The monoisotopic (exact) mass is 376 g/mol. The molecule has 4 aliphatic carbocycles. The van der Waals surface area contributed by atoms with E-state index in [0.717, 1.165) is 48.8 Å². The number of imide groups is 1. The first kappa shape index (κ1) is 17.8. The van der Waals surface area contributed by atoms with Crippen LogP contribution in [0.5, 0.6) is 0 Å². The van der Waals surface area contributed by atoms with Crippen molar-refractivity contribution in [2.75, 3.05) is 0 Å². The fraction of sp³-hybridized carbons (Fsp3) is 0.600. The van der Waals surface area contributed by atoms with Gasteiger partial charge in [0.25, 0.3) is 0 Å². The van der Waals surface area contributed by atoms with E-state index in [4.69, 9.17) is 0 Å². The fourth-order valence-corrected chi connectivity index (χ4v) is 6.42. The van der Waals surface area contributed by atoms with Crippen molar-refractivity contribution in [2.24, 2.45) is 17.8 Å². The number of nitrogens with one attached hydrogen (secondary N) is 2. The van der Waals surface area contributed by atoms with Crippen LogP contribution >= 0.6 is 11.8 Å². The molecule has 0 saturated heterocycles. The van der Waals surface area contributed by atoms with Gasteiger partial charge < -0.3 is 5.32 Å². The van der Waals surface area contributed by atoms with Gasteiger partial charge in [-0.1, -0.05) is 12.1 Å². The molecule has 0 aliphatic heterocycles. The maximum absolute atomic E-state index is 13.7. The lowest BCUT2D eigenvalue weighted by atomic mass is 9.53. The summed E-state index contributed by atoms with van der Waals surface area (Å²) in [6.07, 6.45) is 7.04. The number of carbonyl (C=O) groups excluding carboxylic acids is 2. The Morgan fingerprint density at radius 3 is 2.27 bits per heavy atom. The molecule has 0 spiro atoms. The van der Waals surface area contributed by atoms with Gasteiger partial charge >= 0.3 is 6.03 Å². The summed E-state index contributed by atoms with van der Waals surface area (Å²) in [6.45, 7) is 1.68. The summed E-state index contributed by atoms with van der Waals surface area (Å²) in [6, 6.07) is 5.95. The van der Waals surface area contributed by atoms with Crippen LogP contribution in [-0.2, 0) is 4.79 Å². The highest BCUT2D eigenvalue weighted by Gasteiger charge is 2.51. The van der Waals surface area contributed by atoms with E-state index in [1.54, 1.807) is 25.1 Å². The Morgan fingerprint density at radius 1 is 1.12 bits per heavy atom. The molecular weight excluding hydrogens is 351 g/mol. The molecule has 4 saturated carbocycles. The van der Waals surface area contributed by atoms with Crippen LogP contribution in [0.4, 0.5) is 9.18 Å². The van der Waals surface area contributed by atoms with Crippen molar-refractivity contribution >= 4 is 23.7 Å². The minimum atomic E-state index is -0.547. The van der Waals surface area contributed by atoms with Crippen LogP contribution in [0.2, 0.25) is 0 Å². The molecule has 6 heteroatoms. The number of hydrogen-bond donors (Lipinski definition) is 2. The van der Waals surface area contributed by atoms with Crippen LogP contribution < -0.4 is 10.6 Å². The van der Waals surface area contributed by atoms with Crippen LogP contribution in [0.1, 0.15) is 45.4 Å². The van der Waals surface area contributed by atoms with Gasteiger partial charge in [-0.2, -0.15) is 0 Å². The minimum Gasteiger partial charge on any atom is -0.332 e. The standard InChI is InChI=1S/C20H25FN2O2S/c1-12(26-17-5-3-2-4-16(17)21)18(24)22-19(25)23-20-9-13-6-14(10-20)8-15(7-13)11-20/h2-5,12-15H,6-11H2,1H3,(H2,22,23,24,25). The molecule has 1 aromatic carbocycles. The van der Waals surface area contributed by atoms with Crippen molar-refractivity contribution in [3.05, 3.63) is 30.1 Å². The summed E-state index contributed by atoms with van der Waals surface area (Å²) >= 11 is 1.12. The second-order valence-corrected chi connectivity index (χ2v) is 9.71. The zero-order valence-electron chi connectivity index (χ0n) is 15.0. The van der Waals surface area contributed by atoms with Gasteiger partial charge in [-0.05, 0) is 75.3 Å². The normalized spacial score (nSPS) is 32.9. The third-order valence-electron chi connectivity index (χ3n) is 6.16. The largest absolute Gasteiger partial charge is 0.332 e. The molecule has 4 nitrogen and oxygen atoms in total. The van der Waals surface area contributed by atoms with Gasteiger partial charge in [0, 0.05) is 10.4 Å². The quantitative estimate of drug-likeness (QED) is 0.778. The topological polar surface area (TPSA) is 58.2 Å². The van der Waals surface area contributed by atoms with Gasteiger partial charge in [-0.15, -0.1) is 11.8 Å². The van der Waals surface area contributed by atoms with E-state index in [0.29, 0.717) is 4.90 Å². The molecule has 2 N–H and O–H groups in total. The molecule has 5 rings (SSSR count). The Hall–Kier alpha value is -1.56. The van der Waals surface area contributed by atoms with Gasteiger partial charge in [-0.25, -0.2) is 9.18 Å². The predicted octanol–water partition coefficient (Wildman–Crippen LogP) is 4.10. The van der Waals surface area contributed by atoms with Crippen molar-refractivity contribution < 1.29 is 14.0 Å². The third-order valence-corrected chi connectivity index (χ3v) is 7.32. The zero-order valence-corrected chi connectivity index (χ0v) is 15.8. The highest BCUT2D eigenvalue weighted by Crippen LogP contribution is 2.55. The molecular formula is C20H25FN2O2S. The molecule has 140 valence electrons. The van der Waals surface area contributed by atoms with E-state index >= 15 is 0 Å². The second kappa shape index (κ2) is 6.87. The highest BCUT2D eigenvalue weighted by molar-refractivity contribution is 8.00. The number of amides is 3. The summed E-state index contributed by atoms with van der Waals surface area (Å²) in [5, 5.41) is 5.05. The maximum atomic E-state index is 13.7. The number of benzene rings is 1. The minimum absolute atomic E-state index is 0.124. The number of carbonyl (C=O) groups is 2. The molecule has 4 fully saturated rings.